The largest absolute Gasteiger partial charge is 0.497 e. The second-order valence-corrected chi connectivity index (χ2v) is 4.92. The zero-order valence-corrected chi connectivity index (χ0v) is 13.0. The van der Waals surface area contributed by atoms with Crippen molar-refractivity contribution in [2.45, 2.75) is 6.42 Å². The van der Waals surface area contributed by atoms with E-state index in [4.69, 9.17) is 4.74 Å². The first-order valence-corrected chi connectivity index (χ1v) is 7.28. The van der Waals surface area contributed by atoms with Crippen LogP contribution in [0.4, 0.5) is 5.82 Å². The van der Waals surface area contributed by atoms with Gasteiger partial charge in [-0.05, 0) is 42.5 Å². The normalized spacial score (nSPS) is 10.2. The van der Waals surface area contributed by atoms with Crippen LogP contribution < -0.4 is 10.1 Å². The molecule has 7 nitrogen and oxygen atoms in total. The quantitative estimate of drug-likeness (QED) is 0.774. The van der Waals surface area contributed by atoms with Crippen LogP contribution in [-0.2, 0) is 11.2 Å². The highest BCUT2D eigenvalue weighted by molar-refractivity contribution is 5.90. The molecule has 0 saturated carbocycles. The van der Waals surface area contributed by atoms with Gasteiger partial charge in [0.1, 0.15) is 11.6 Å². The first kappa shape index (κ1) is 15.5. The maximum absolute atomic E-state index is 11.9. The van der Waals surface area contributed by atoms with Crippen LogP contribution in [0, 0.1) is 0 Å². The first-order valence-electron chi connectivity index (χ1n) is 7.28. The number of ether oxygens (including phenoxy) is 1. The zero-order valence-electron chi connectivity index (χ0n) is 13.0. The summed E-state index contributed by atoms with van der Waals surface area (Å²) in [5.74, 6) is 1.37. The van der Waals surface area contributed by atoms with Crippen LogP contribution in [-0.4, -0.2) is 33.2 Å². The van der Waals surface area contributed by atoms with Gasteiger partial charge in [-0.25, -0.2) is 9.97 Å². The summed E-state index contributed by atoms with van der Waals surface area (Å²) < 4.78 is 5.12. The monoisotopic (exact) mass is 321 g/mol. The Kier molecular flexibility index (Phi) is 4.71. The highest BCUT2D eigenvalue weighted by Gasteiger charge is 2.08. The second kappa shape index (κ2) is 7.28. The third-order valence-corrected chi connectivity index (χ3v) is 3.26. The maximum Gasteiger partial charge on any atom is 0.233 e. The number of carbonyl (C=O) groups is 1. The third-order valence-electron chi connectivity index (χ3n) is 3.26. The van der Waals surface area contributed by atoms with Gasteiger partial charge in [0.05, 0.1) is 19.2 Å². The van der Waals surface area contributed by atoms with Crippen molar-refractivity contribution in [3.63, 3.8) is 0 Å². The highest BCUT2D eigenvalue weighted by atomic mass is 16.5. The van der Waals surface area contributed by atoms with E-state index >= 15 is 0 Å². The Labute approximate surface area is 138 Å². The molecule has 0 unspecified atom stereocenters. The molecule has 7 heteroatoms. The second-order valence-electron chi connectivity index (χ2n) is 4.92. The first-order chi connectivity index (χ1) is 11.7. The molecular formula is C17H15N5O2. The Morgan fingerprint density at radius 1 is 1.04 bits per heavy atom. The maximum atomic E-state index is 11.9. The van der Waals surface area contributed by atoms with Crippen molar-refractivity contribution in [2.75, 3.05) is 12.4 Å². The summed E-state index contributed by atoms with van der Waals surface area (Å²) in [6.07, 6.45) is 3.28. The van der Waals surface area contributed by atoms with Crippen LogP contribution in [0.5, 0.6) is 5.75 Å². The van der Waals surface area contributed by atoms with E-state index in [0.717, 1.165) is 11.3 Å². The van der Waals surface area contributed by atoms with E-state index in [0.29, 0.717) is 17.3 Å². The van der Waals surface area contributed by atoms with Gasteiger partial charge in [-0.3, -0.25) is 4.79 Å². The summed E-state index contributed by atoms with van der Waals surface area (Å²) in [6, 6.07) is 12.7. The number of rotatable bonds is 5. The molecule has 0 aliphatic carbocycles. The van der Waals surface area contributed by atoms with Gasteiger partial charge >= 0.3 is 0 Å². The zero-order chi connectivity index (χ0) is 16.8. The van der Waals surface area contributed by atoms with Crippen LogP contribution in [0.15, 0.2) is 54.9 Å². The van der Waals surface area contributed by atoms with Gasteiger partial charge < -0.3 is 10.1 Å². The van der Waals surface area contributed by atoms with Crippen LogP contribution in [0.2, 0.25) is 0 Å². The van der Waals surface area contributed by atoms with Crippen molar-refractivity contribution in [2.24, 2.45) is 0 Å². The summed E-state index contributed by atoms with van der Waals surface area (Å²) in [5.41, 5.74) is 1.63. The van der Waals surface area contributed by atoms with E-state index in [-0.39, 0.29) is 12.3 Å². The van der Waals surface area contributed by atoms with Gasteiger partial charge in [0.25, 0.3) is 0 Å². The molecule has 0 aliphatic heterocycles. The summed E-state index contributed by atoms with van der Waals surface area (Å²) in [6.45, 7) is 0. The Morgan fingerprint density at radius 3 is 2.42 bits per heavy atom. The summed E-state index contributed by atoms with van der Waals surface area (Å²) in [4.78, 5) is 20.0. The minimum atomic E-state index is -0.243. The average molecular weight is 321 g/mol. The van der Waals surface area contributed by atoms with E-state index < -0.39 is 0 Å². The lowest BCUT2D eigenvalue weighted by Gasteiger charge is -2.05. The Bertz CT molecular complexity index is 805. The van der Waals surface area contributed by atoms with Crippen LogP contribution in [0.3, 0.4) is 0 Å². The predicted molar refractivity (Wildman–Crippen MR) is 88.4 cm³/mol. The number of amides is 1. The molecule has 0 saturated heterocycles. The lowest BCUT2D eigenvalue weighted by molar-refractivity contribution is -0.115. The number of benzene rings is 1. The smallest absolute Gasteiger partial charge is 0.233 e. The Hall–Kier alpha value is -3.35. The van der Waals surface area contributed by atoms with Crippen molar-refractivity contribution in [3.8, 4) is 17.0 Å². The molecule has 2 aromatic heterocycles. The molecule has 0 bridgehead atoms. The number of aromatic nitrogens is 4. The van der Waals surface area contributed by atoms with Gasteiger partial charge in [-0.1, -0.05) is 0 Å². The van der Waals surface area contributed by atoms with E-state index in [2.05, 4.69) is 25.5 Å². The Balaban J connectivity index is 1.64. The summed E-state index contributed by atoms with van der Waals surface area (Å²) in [7, 11) is 1.62. The molecular weight excluding hydrogens is 306 g/mol. The van der Waals surface area contributed by atoms with Crippen LogP contribution in [0.1, 0.15) is 5.82 Å². The number of nitrogens with zero attached hydrogens (tertiary/aromatic N) is 4. The third kappa shape index (κ3) is 3.89. The topological polar surface area (TPSA) is 89.9 Å². The van der Waals surface area contributed by atoms with Crippen molar-refractivity contribution < 1.29 is 9.53 Å². The molecule has 3 rings (SSSR count). The van der Waals surface area contributed by atoms with Crippen LogP contribution >= 0.6 is 0 Å². The predicted octanol–water partition coefficient (Wildman–Crippen LogP) is 2.12. The number of anilines is 1. The molecule has 1 N–H and O–H groups in total. The molecule has 0 atom stereocenters. The van der Waals surface area contributed by atoms with Crippen molar-refractivity contribution in [1.82, 2.24) is 20.2 Å². The molecule has 2 heterocycles. The summed E-state index contributed by atoms with van der Waals surface area (Å²) >= 11 is 0. The molecule has 120 valence electrons. The van der Waals surface area contributed by atoms with Gasteiger partial charge in [-0.15, -0.1) is 10.2 Å². The molecule has 3 aromatic rings. The molecule has 1 amide bonds. The number of methoxy groups -OCH3 is 1. The lowest BCUT2D eigenvalue weighted by atomic mass is 10.1. The van der Waals surface area contributed by atoms with E-state index in [1.54, 1.807) is 37.7 Å². The number of carbonyl (C=O) groups excluding carboxylic acids is 1. The van der Waals surface area contributed by atoms with Gasteiger partial charge in [0, 0.05) is 18.0 Å². The molecule has 0 fully saturated rings. The SMILES string of the molecule is COc1ccc(-c2ccc(NC(=O)Cc3ncccn3)nn2)cc1. The fourth-order valence-corrected chi connectivity index (χ4v) is 2.07. The number of hydrogen-bond acceptors (Lipinski definition) is 6. The van der Waals surface area contributed by atoms with Gasteiger partial charge in [0.2, 0.25) is 5.91 Å². The Morgan fingerprint density at radius 2 is 1.79 bits per heavy atom. The van der Waals surface area contributed by atoms with E-state index in [9.17, 15) is 4.79 Å². The number of hydrogen-bond donors (Lipinski definition) is 1. The molecule has 0 radical (unpaired) electrons. The standard InChI is InChI=1S/C17H15N5O2/c1-24-13-5-3-12(4-6-13)14-7-8-15(22-21-14)20-17(23)11-16-18-9-2-10-19-16/h2-10H,11H2,1H3,(H,20,22,23). The fraction of sp³-hybridized carbons (Fsp3) is 0.118. The van der Waals surface area contributed by atoms with E-state index in [1.165, 1.54) is 0 Å². The average Bonchev–Trinajstić information content (AvgIpc) is 2.63. The van der Waals surface area contributed by atoms with E-state index in [1.807, 2.05) is 24.3 Å². The highest BCUT2D eigenvalue weighted by Crippen LogP contribution is 2.20. The fourth-order valence-electron chi connectivity index (χ4n) is 2.07. The molecule has 24 heavy (non-hydrogen) atoms. The molecule has 0 spiro atoms. The molecule has 1 aromatic carbocycles. The van der Waals surface area contributed by atoms with Crippen molar-refractivity contribution in [3.05, 3.63) is 60.7 Å². The lowest BCUT2D eigenvalue weighted by Crippen LogP contribution is -2.17. The summed E-state index contributed by atoms with van der Waals surface area (Å²) in [5, 5.41) is 10.8. The van der Waals surface area contributed by atoms with Gasteiger partial charge in [0.15, 0.2) is 5.82 Å². The van der Waals surface area contributed by atoms with Crippen molar-refractivity contribution in [1.29, 1.82) is 0 Å². The minimum absolute atomic E-state index is 0.0861. The minimum Gasteiger partial charge on any atom is -0.497 e. The number of nitrogens with one attached hydrogen (secondary N) is 1. The van der Waals surface area contributed by atoms with Gasteiger partial charge in [-0.2, -0.15) is 0 Å². The van der Waals surface area contributed by atoms with Crippen molar-refractivity contribution >= 4 is 11.7 Å². The van der Waals surface area contributed by atoms with Crippen LogP contribution in [0.25, 0.3) is 11.3 Å². The molecule has 0 aliphatic rings.